The van der Waals surface area contributed by atoms with Gasteiger partial charge < -0.3 is 15.4 Å². The van der Waals surface area contributed by atoms with E-state index in [2.05, 4.69) is 32.7 Å². The number of rotatable bonds is 12. The van der Waals surface area contributed by atoms with Gasteiger partial charge in [0.1, 0.15) is 34.3 Å². The van der Waals surface area contributed by atoms with Crippen molar-refractivity contribution < 1.29 is 13.2 Å². The second-order valence-electron chi connectivity index (χ2n) is 8.48. The zero-order chi connectivity index (χ0) is 24.5. The van der Waals surface area contributed by atoms with Crippen LogP contribution in [0, 0.1) is 0 Å². The highest BCUT2D eigenvalue weighted by atomic mass is 32.2. The number of ether oxygens (including phenoxy) is 1. The molecular formula is C27H30N4O3S. The van der Waals surface area contributed by atoms with Gasteiger partial charge in [-0.05, 0) is 66.9 Å². The first-order valence-corrected chi connectivity index (χ1v) is 13.7. The lowest BCUT2D eigenvalue weighted by atomic mass is 10.1. The first kappa shape index (κ1) is 24.6. The molecule has 0 aliphatic rings. The van der Waals surface area contributed by atoms with Gasteiger partial charge in [0.2, 0.25) is 0 Å². The van der Waals surface area contributed by atoms with Gasteiger partial charge in [0.25, 0.3) is 0 Å². The third kappa shape index (κ3) is 7.77. The molecule has 0 aliphatic heterocycles. The highest BCUT2D eigenvalue weighted by Gasteiger charge is 2.06. The molecule has 7 nitrogen and oxygen atoms in total. The van der Waals surface area contributed by atoms with Crippen LogP contribution in [0.4, 0.5) is 11.5 Å². The summed E-state index contributed by atoms with van der Waals surface area (Å²) in [6.45, 7) is 1.79. The van der Waals surface area contributed by atoms with E-state index >= 15 is 0 Å². The maximum absolute atomic E-state index is 11.2. The lowest BCUT2D eigenvalue weighted by molar-refractivity contribution is 0.306. The van der Waals surface area contributed by atoms with E-state index in [4.69, 9.17) is 4.74 Å². The molecule has 0 atom stereocenters. The number of hydrogen-bond acceptors (Lipinski definition) is 7. The number of hydrogen-bond donors (Lipinski definition) is 2. The summed E-state index contributed by atoms with van der Waals surface area (Å²) >= 11 is 0. The van der Waals surface area contributed by atoms with E-state index in [0.717, 1.165) is 53.1 Å². The fourth-order valence-electron chi connectivity index (χ4n) is 3.67. The molecule has 0 fully saturated rings. The summed E-state index contributed by atoms with van der Waals surface area (Å²) < 4.78 is 28.2. The molecule has 1 heterocycles. The molecule has 0 radical (unpaired) electrons. The molecule has 0 amide bonds. The standard InChI is InChI=1S/C27H30N4O3S/c1-35(32,33)17-16-28-15-5-8-21-9-14-25-26(18-21)29-20-30-27(25)31-23-10-12-24(13-11-23)34-19-22-6-3-2-4-7-22/h2-4,6-7,9-14,18,20,28H,5,8,15-17,19H2,1H3,(H,29,30,31). The Morgan fingerprint density at radius 2 is 1.69 bits per heavy atom. The van der Waals surface area contributed by atoms with E-state index in [1.807, 2.05) is 60.7 Å². The van der Waals surface area contributed by atoms with Crippen LogP contribution in [-0.2, 0) is 22.9 Å². The van der Waals surface area contributed by atoms with E-state index in [0.29, 0.717) is 13.2 Å². The topological polar surface area (TPSA) is 93.2 Å². The number of anilines is 2. The monoisotopic (exact) mass is 490 g/mol. The number of fused-ring (bicyclic) bond motifs is 1. The van der Waals surface area contributed by atoms with Crippen LogP contribution in [0.2, 0.25) is 0 Å². The highest BCUT2D eigenvalue weighted by molar-refractivity contribution is 7.90. The Bertz CT molecular complexity index is 1340. The van der Waals surface area contributed by atoms with Gasteiger partial charge in [-0.25, -0.2) is 18.4 Å². The Morgan fingerprint density at radius 3 is 2.46 bits per heavy atom. The third-order valence-electron chi connectivity index (χ3n) is 5.53. The predicted octanol–water partition coefficient (Wildman–Crippen LogP) is 4.52. The van der Waals surface area contributed by atoms with Gasteiger partial charge in [-0.2, -0.15) is 0 Å². The summed E-state index contributed by atoms with van der Waals surface area (Å²) in [6.07, 6.45) is 4.63. The highest BCUT2D eigenvalue weighted by Crippen LogP contribution is 2.25. The molecule has 8 heteroatoms. The third-order valence-corrected chi connectivity index (χ3v) is 6.48. The maximum Gasteiger partial charge on any atom is 0.148 e. The fraction of sp³-hybridized carbons (Fsp3) is 0.259. The van der Waals surface area contributed by atoms with Crippen molar-refractivity contribution in [1.82, 2.24) is 15.3 Å². The maximum atomic E-state index is 11.2. The van der Waals surface area contributed by atoms with Gasteiger partial charge in [0, 0.05) is 23.9 Å². The van der Waals surface area contributed by atoms with Crippen LogP contribution in [0.3, 0.4) is 0 Å². The molecule has 4 aromatic rings. The molecule has 0 saturated heterocycles. The summed E-state index contributed by atoms with van der Waals surface area (Å²) in [4.78, 5) is 8.88. The van der Waals surface area contributed by atoms with Crippen molar-refractivity contribution in [1.29, 1.82) is 0 Å². The zero-order valence-corrected chi connectivity index (χ0v) is 20.6. The van der Waals surface area contributed by atoms with Gasteiger partial charge >= 0.3 is 0 Å². The van der Waals surface area contributed by atoms with Gasteiger partial charge in [-0.1, -0.05) is 36.4 Å². The average Bonchev–Trinajstić information content (AvgIpc) is 2.86. The molecule has 0 aliphatic carbocycles. The summed E-state index contributed by atoms with van der Waals surface area (Å²) in [5.74, 6) is 1.73. The Labute approximate surface area is 206 Å². The van der Waals surface area contributed by atoms with Gasteiger partial charge in [-0.15, -0.1) is 0 Å². The number of aryl methyl sites for hydroxylation is 1. The molecule has 2 N–H and O–H groups in total. The quantitative estimate of drug-likeness (QED) is 0.282. The Hall–Kier alpha value is -3.49. The average molecular weight is 491 g/mol. The van der Waals surface area contributed by atoms with Crippen LogP contribution in [-0.4, -0.2) is 43.5 Å². The number of sulfone groups is 1. The second kappa shape index (κ2) is 11.8. The van der Waals surface area contributed by atoms with Gasteiger partial charge in [0.15, 0.2) is 0 Å². The molecule has 0 saturated carbocycles. The summed E-state index contributed by atoms with van der Waals surface area (Å²) in [7, 11) is -2.92. The normalized spacial score (nSPS) is 11.5. The molecular weight excluding hydrogens is 460 g/mol. The summed E-state index contributed by atoms with van der Waals surface area (Å²) in [6, 6.07) is 24.1. The number of aromatic nitrogens is 2. The summed E-state index contributed by atoms with van der Waals surface area (Å²) in [5, 5.41) is 7.51. The minimum atomic E-state index is -2.92. The minimum Gasteiger partial charge on any atom is -0.489 e. The van der Waals surface area contributed by atoms with E-state index in [1.54, 1.807) is 6.33 Å². The van der Waals surface area contributed by atoms with E-state index in [1.165, 1.54) is 11.8 Å². The van der Waals surface area contributed by atoms with Crippen molar-refractivity contribution >= 4 is 32.2 Å². The predicted molar refractivity (Wildman–Crippen MR) is 141 cm³/mol. The van der Waals surface area contributed by atoms with Crippen LogP contribution in [0.5, 0.6) is 5.75 Å². The number of nitrogens with one attached hydrogen (secondary N) is 2. The molecule has 0 bridgehead atoms. The molecule has 0 spiro atoms. The van der Waals surface area contributed by atoms with E-state index in [9.17, 15) is 8.42 Å². The Balaban J connectivity index is 1.32. The first-order valence-electron chi connectivity index (χ1n) is 11.6. The van der Waals surface area contributed by atoms with Crippen molar-refractivity contribution in [2.45, 2.75) is 19.4 Å². The molecule has 4 rings (SSSR count). The summed E-state index contributed by atoms with van der Waals surface area (Å²) in [5.41, 5.74) is 4.12. The first-order chi connectivity index (χ1) is 17.0. The van der Waals surface area contributed by atoms with Gasteiger partial charge in [-0.3, -0.25) is 0 Å². The van der Waals surface area contributed by atoms with Crippen molar-refractivity contribution in [2.24, 2.45) is 0 Å². The lowest BCUT2D eigenvalue weighted by Crippen LogP contribution is -2.23. The molecule has 0 unspecified atom stereocenters. The van der Waals surface area contributed by atoms with E-state index in [-0.39, 0.29) is 5.75 Å². The van der Waals surface area contributed by atoms with Crippen LogP contribution in [0.1, 0.15) is 17.5 Å². The lowest BCUT2D eigenvalue weighted by Gasteiger charge is -2.11. The largest absolute Gasteiger partial charge is 0.489 e. The van der Waals surface area contributed by atoms with Crippen molar-refractivity contribution in [3.8, 4) is 5.75 Å². The number of nitrogens with zero attached hydrogens (tertiary/aromatic N) is 2. The molecule has 3 aromatic carbocycles. The number of benzene rings is 3. The minimum absolute atomic E-state index is 0.166. The van der Waals surface area contributed by atoms with Crippen molar-refractivity contribution in [3.63, 3.8) is 0 Å². The van der Waals surface area contributed by atoms with Crippen LogP contribution in [0.25, 0.3) is 10.9 Å². The van der Waals surface area contributed by atoms with Crippen LogP contribution < -0.4 is 15.4 Å². The Morgan fingerprint density at radius 1 is 0.886 bits per heavy atom. The van der Waals surface area contributed by atoms with Crippen LogP contribution in [0.15, 0.2) is 79.1 Å². The van der Waals surface area contributed by atoms with Crippen molar-refractivity contribution in [2.75, 3.05) is 30.4 Å². The SMILES string of the molecule is CS(=O)(=O)CCNCCCc1ccc2c(Nc3ccc(OCc4ccccc4)cc3)ncnc2c1. The molecule has 1 aromatic heterocycles. The second-order valence-corrected chi connectivity index (χ2v) is 10.7. The fourth-order valence-corrected chi connectivity index (χ4v) is 4.19. The zero-order valence-electron chi connectivity index (χ0n) is 19.8. The molecule has 35 heavy (non-hydrogen) atoms. The van der Waals surface area contributed by atoms with Crippen LogP contribution >= 0.6 is 0 Å². The molecule has 182 valence electrons. The van der Waals surface area contributed by atoms with Crippen molar-refractivity contribution in [3.05, 3.63) is 90.3 Å². The smallest absolute Gasteiger partial charge is 0.148 e. The van der Waals surface area contributed by atoms with E-state index < -0.39 is 9.84 Å². The Kier molecular flexibility index (Phi) is 8.28. The van der Waals surface area contributed by atoms with Gasteiger partial charge in [0.05, 0.1) is 11.3 Å².